The van der Waals surface area contributed by atoms with Crippen LogP contribution in [0.25, 0.3) is 0 Å². The van der Waals surface area contributed by atoms with E-state index in [4.69, 9.17) is 9.47 Å². The zero-order valence-electron chi connectivity index (χ0n) is 7.42. The van der Waals surface area contributed by atoms with Crippen molar-refractivity contribution in [2.75, 3.05) is 20.8 Å². The van der Waals surface area contributed by atoms with Crippen LogP contribution in [0.1, 0.15) is 12.8 Å². The first-order chi connectivity index (χ1) is 5.65. The quantitative estimate of drug-likeness (QED) is 0.684. The van der Waals surface area contributed by atoms with Crippen molar-refractivity contribution in [3.63, 3.8) is 0 Å². The third-order valence-corrected chi connectivity index (χ3v) is 2.44. The number of aliphatic hydroxyl groups excluding tert-OH is 1. The average molecular weight is 178 g/mol. The molecule has 3 nitrogen and oxygen atoms in total. The van der Waals surface area contributed by atoms with Crippen LogP contribution in [0, 0.1) is 0 Å². The van der Waals surface area contributed by atoms with E-state index in [-0.39, 0.29) is 6.61 Å². The second kappa shape index (κ2) is 3.68. The van der Waals surface area contributed by atoms with Gasteiger partial charge in [0.1, 0.15) is 0 Å². The third-order valence-electron chi connectivity index (χ3n) is 2.44. The fraction of sp³-hybridized carbons (Fsp3) is 1.00. The first-order valence-electron chi connectivity index (χ1n) is 4.04. The maximum atomic E-state index is 13.9. The highest BCUT2D eigenvalue weighted by Crippen LogP contribution is 2.36. The summed E-state index contributed by atoms with van der Waals surface area (Å²) < 4.78 is 23.5. The summed E-state index contributed by atoms with van der Waals surface area (Å²) in [6, 6.07) is 0. The lowest BCUT2D eigenvalue weighted by Gasteiger charge is -2.28. The Morgan fingerprint density at radius 1 is 1.50 bits per heavy atom. The molecule has 0 saturated heterocycles. The molecule has 1 aliphatic carbocycles. The first kappa shape index (κ1) is 9.89. The molecular weight excluding hydrogens is 163 g/mol. The van der Waals surface area contributed by atoms with E-state index in [2.05, 4.69) is 0 Å². The molecule has 1 saturated carbocycles. The molecule has 0 bridgehead atoms. The molecule has 1 aliphatic rings. The van der Waals surface area contributed by atoms with Gasteiger partial charge in [0.2, 0.25) is 0 Å². The van der Waals surface area contributed by atoms with Crippen molar-refractivity contribution in [2.45, 2.75) is 30.7 Å². The average Bonchev–Trinajstić information content (AvgIpc) is 2.30. The van der Waals surface area contributed by atoms with E-state index in [1.165, 1.54) is 14.2 Å². The molecule has 0 aromatic heterocycles. The molecule has 1 N–H and O–H groups in total. The molecule has 0 aromatic carbocycles. The highest BCUT2D eigenvalue weighted by Gasteiger charge is 2.51. The summed E-state index contributed by atoms with van der Waals surface area (Å²) in [5, 5.41) is 9.35. The van der Waals surface area contributed by atoms with Crippen molar-refractivity contribution in [1.29, 1.82) is 0 Å². The number of ether oxygens (including phenoxy) is 2. The summed E-state index contributed by atoms with van der Waals surface area (Å²) >= 11 is 0. The first-order valence-corrected chi connectivity index (χ1v) is 4.04. The zero-order valence-corrected chi connectivity index (χ0v) is 7.42. The molecule has 72 valence electrons. The highest BCUT2D eigenvalue weighted by molar-refractivity contribution is 5.00. The monoisotopic (exact) mass is 178 g/mol. The van der Waals surface area contributed by atoms with Crippen LogP contribution in [-0.4, -0.2) is 43.8 Å². The van der Waals surface area contributed by atoms with Gasteiger partial charge in [-0.15, -0.1) is 0 Å². The van der Waals surface area contributed by atoms with Crippen molar-refractivity contribution in [1.82, 2.24) is 0 Å². The molecule has 1 rings (SSSR count). The van der Waals surface area contributed by atoms with Crippen molar-refractivity contribution < 1.29 is 19.0 Å². The fourth-order valence-electron chi connectivity index (χ4n) is 1.73. The van der Waals surface area contributed by atoms with Crippen LogP contribution in [-0.2, 0) is 9.47 Å². The Hall–Kier alpha value is -0.190. The number of halogens is 1. The predicted octanol–water partition coefficient (Wildman–Crippen LogP) is 0.511. The topological polar surface area (TPSA) is 38.7 Å². The van der Waals surface area contributed by atoms with Gasteiger partial charge in [-0.05, 0) is 12.8 Å². The van der Waals surface area contributed by atoms with Crippen LogP contribution in [0.2, 0.25) is 0 Å². The summed E-state index contributed by atoms with van der Waals surface area (Å²) in [6.07, 6.45) is -0.495. The minimum absolute atomic E-state index is 0.104. The van der Waals surface area contributed by atoms with Crippen molar-refractivity contribution >= 4 is 0 Å². The standard InChI is InChI=1S/C8H15FO3/c1-11-5-8(9)6(10)3-4-7(8)12-2/h6-7,10H,3-5H2,1-2H3/t6-,7-,8+/m0/s1. The maximum Gasteiger partial charge on any atom is 0.185 e. The molecule has 4 heteroatoms. The maximum absolute atomic E-state index is 13.9. The van der Waals surface area contributed by atoms with Gasteiger partial charge in [0.25, 0.3) is 0 Å². The molecule has 0 spiro atoms. The van der Waals surface area contributed by atoms with Crippen LogP contribution in [0.4, 0.5) is 4.39 Å². The van der Waals surface area contributed by atoms with Gasteiger partial charge in [0, 0.05) is 14.2 Å². The molecular formula is C8H15FO3. The zero-order chi connectivity index (χ0) is 9.19. The molecule has 0 aliphatic heterocycles. The van der Waals surface area contributed by atoms with Crippen molar-refractivity contribution in [3.8, 4) is 0 Å². The van der Waals surface area contributed by atoms with Crippen LogP contribution in [0.15, 0.2) is 0 Å². The van der Waals surface area contributed by atoms with Crippen molar-refractivity contribution in [2.24, 2.45) is 0 Å². The van der Waals surface area contributed by atoms with Gasteiger partial charge in [-0.25, -0.2) is 4.39 Å². The molecule has 1 fully saturated rings. The lowest BCUT2D eigenvalue weighted by atomic mass is 10.0. The number of methoxy groups -OCH3 is 2. The number of aliphatic hydroxyl groups is 1. The number of hydrogen-bond acceptors (Lipinski definition) is 3. The number of hydrogen-bond donors (Lipinski definition) is 1. The number of rotatable bonds is 3. The summed E-state index contributed by atoms with van der Waals surface area (Å²) in [5.74, 6) is 0. The molecule has 0 aromatic rings. The van der Waals surface area contributed by atoms with Gasteiger partial charge in [0.05, 0.1) is 18.8 Å². The summed E-state index contributed by atoms with van der Waals surface area (Å²) in [4.78, 5) is 0. The van der Waals surface area contributed by atoms with Crippen molar-refractivity contribution in [3.05, 3.63) is 0 Å². The Bertz CT molecular complexity index is 153. The van der Waals surface area contributed by atoms with E-state index < -0.39 is 17.9 Å². The molecule has 0 amide bonds. The van der Waals surface area contributed by atoms with Gasteiger partial charge in [-0.3, -0.25) is 0 Å². The minimum atomic E-state index is -1.72. The summed E-state index contributed by atoms with van der Waals surface area (Å²) in [6.45, 7) is -0.104. The normalized spacial score (nSPS) is 42.0. The van der Waals surface area contributed by atoms with E-state index in [9.17, 15) is 9.50 Å². The van der Waals surface area contributed by atoms with Gasteiger partial charge >= 0.3 is 0 Å². The molecule has 0 heterocycles. The largest absolute Gasteiger partial charge is 0.390 e. The summed E-state index contributed by atoms with van der Waals surface area (Å²) in [5.41, 5.74) is -1.72. The fourth-order valence-corrected chi connectivity index (χ4v) is 1.73. The molecule has 0 radical (unpaired) electrons. The van der Waals surface area contributed by atoms with E-state index in [1.54, 1.807) is 0 Å². The Balaban J connectivity index is 2.66. The predicted molar refractivity (Wildman–Crippen MR) is 41.8 cm³/mol. The van der Waals surface area contributed by atoms with E-state index in [0.29, 0.717) is 12.8 Å². The summed E-state index contributed by atoms with van der Waals surface area (Å²) in [7, 11) is 2.87. The smallest absolute Gasteiger partial charge is 0.185 e. The van der Waals surface area contributed by atoms with Gasteiger partial charge < -0.3 is 14.6 Å². The molecule has 0 unspecified atom stereocenters. The second-order valence-corrected chi connectivity index (χ2v) is 3.18. The SMILES string of the molecule is COC[C@]1(F)[C@@H](OC)CC[C@@H]1O. The van der Waals surface area contributed by atoms with E-state index >= 15 is 0 Å². The Morgan fingerprint density at radius 3 is 2.67 bits per heavy atom. The van der Waals surface area contributed by atoms with E-state index in [0.717, 1.165) is 0 Å². The Labute approximate surface area is 71.5 Å². The van der Waals surface area contributed by atoms with Crippen LogP contribution in [0.5, 0.6) is 0 Å². The second-order valence-electron chi connectivity index (χ2n) is 3.18. The lowest BCUT2D eigenvalue weighted by molar-refractivity contribution is -0.103. The third kappa shape index (κ3) is 1.46. The highest BCUT2D eigenvalue weighted by atomic mass is 19.1. The van der Waals surface area contributed by atoms with Crippen LogP contribution < -0.4 is 0 Å². The van der Waals surface area contributed by atoms with Gasteiger partial charge in [0.15, 0.2) is 5.67 Å². The van der Waals surface area contributed by atoms with Crippen LogP contribution in [0.3, 0.4) is 0 Å². The van der Waals surface area contributed by atoms with Gasteiger partial charge in [-0.1, -0.05) is 0 Å². The minimum Gasteiger partial charge on any atom is -0.390 e. The number of alkyl halides is 1. The molecule has 3 atom stereocenters. The Kier molecular flexibility index (Phi) is 3.04. The Morgan fingerprint density at radius 2 is 2.17 bits per heavy atom. The lowest BCUT2D eigenvalue weighted by Crippen LogP contribution is -2.46. The van der Waals surface area contributed by atoms with Gasteiger partial charge in [-0.2, -0.15) is 0 Å². The van der Waals surface area contributed by atoms with Crippen LogP contribution >= 0.6 is 0 Å². The molecule has 12 heavy (non-hydrogen) atoms. The van der Waals surface area contributed by atoms with E-state index in [1.807, 2.05) is 0 Å².